The molecule has 0 radical (unpaired) electrons. The quantitative estimate of drug-likeness (QED) is 0.617. The van der Waals surface area contributed by atoms with Gasteiger partial charge in [-0.2, -0.15) is 0 Å². The molecule has 1 aliphatic rings. The number of likely N-dealkylation sites (N-methyl/N-ethyl adjacent to an activating group) is 2. The highest BCUT2D eigenvalue weighted by molar-refractivity contribution is 5.91. The first kappa shape index (κ1) is 23.5. The standard InChI is InChI=1S/C24H32FN5O2/c1-4-29-11-13-30(14-12-29)22-10-9-19(25)16-20(22)17(2)27-24(32)28-21-8-6-5-7-18(21)15-23(31)26-3/h5-10,16-17H,4,11-15H2,1-3H3,(H,26,31)(H2,27,28,32). The van der Waals surface area contributed by atoms with Gasteiger partial charge in [0, 0.05) is 50.2 Å². The molecule has 0 aliphatic carbocycles. The van der Waals surface area contributed by atoms with Gasteiger partial charge in [-0.15, -0.1) is 0 Å². The molecule has 1 atom stereocenters. The van der Waals surface area contributed by atoms with Crippen LogP contribution in [-0.2, 0) is 11.2 Å². The summed E-state index contributed by atoms with van der Waals surface area (Å²) in [6.45, 7) is 8.64. The number of amides is 3. The number of para-hydroxylation sites is 1. The van der Waals surface area contributed by atoms with Crippen LogP contribution in [0.2, 0.25) is 0 Å². The summed E-state index contributed by atoms with van der Waals surface area (Å²) in [6.07, 6.45) is 0.167. The minimum atomic E-state index is -0.409. The molecule has 2 aromatic carbocycles. The lowest BCUT2D eigenvalue weighted by Crippen LogP contribution is -2.46. The molecule has 8 heteroatoms. The van der Waals surface area contributed by atoms with Gasteiger partial charge in [0.1, 0.15) is 5.82 Å². The lowest BCUT2D eigenvalue weighted by molar-refractivity contribution is -0.119. The van der Waals surface area contributed by atoms with Crippen LogP contribution in [0.5, 0.6) is 0 Å². The summed E-state index contributed by atoms with van der Waals surface area (Å²) in [5, 5.41) is 8.32. The number of benzene rings is 2. The van der Waals surface area contributed by atoms with Crippen LogP contribution < -0.4 is 20.9 Å². The number of nitrogens with zero attached hydrogens (tertiary/aromatic N) is 2. The van der Waals surface area contributed by atoms with Gasteiger partial charge in [-0.3, -0.25) is 4.79 Å². The Labute approximate surface area is 189 Å². The third-order valence-electron chi connectivity index (χ3n) is 5.86. The Morgan fingerprint density at radius 3 is 2.50 bits per heavy atom. The zero-order valence-corrected chi connectivity index (χ0v) is 19.0. The number of carbonyl (C=O) groups excluding carboxylic acids is 2. The number of hydrogen-bond acceptors (Lipinski definition) is 4. The molecule has 1 saturated heterocycles. The molecule has 172 valence electrons. The van der Waals surface area contributed by atoms with Crippen molar-refractivity contribution in [2.45, 2.75) is 26.3 Å². The second-order valence-corrected chi connectivity index (χ2v) is 7.95. The van der Waals surface area contributed by atoms with E-state index in [0.717, 1.165) is 49.5 Å². The van der Waals surface area contributed by atoms with Gasteiger partial charge in [0.25, 0.3) is 0 Å². The molecule has 1 fully saturated rings. The van der Waals surface area contributed by atoms with Crippen LogP contribution in [0.15, 0.2) is 42.5 Å². The number of nitrogens with one attached hydrogen (secondary N) is 3. The first-order valence-electron chi connectivity index (χ1n) is 11.0. The summed E-state index contributed by atoms with van der Waals surface area (Å²) in [5.41, 5.74) is 2.96. The fraction of sp³-hybridized carbons (Fsp3) is 0.417. The van der Waals surface area contributed by atoms with Crippen LogP contribution in [0.25, 0.3) is 0 Å². The van der Waals surface area contributed by atoms with E-state index in [2.05, 4.69) is 32.7 Å². The summed E-state index contributed by atoms with van der Waals surface area (Å²) < 4.78 is 14.1. The Kier molecular flexibility index (Phi) is 8.05. The molecule has 0 aromatic heterocycles. The van der Waals surface area contributed by atoms with Gasteiger partial charge in [-0.1, -0.05) is 25.1 Å². The molecular weight excluding hydrogens is 409 g/mol. The molecule has 0 saturated carbocycles. The van der Waals surface area contributed by atoms with Crippen molar-refractivity contribution in [2.24, 2.45) is 0 Å². The number of urea groups is 1. The van der Waals surface area contributed by atoms with Crippen molar-refractivity contribution in [3.63, 3.8) is 0 Å². The monoisotopic (exact) mass is 441 g/mol. The maximum absolute atomic E-state index is 14.1. The fourth-order valence-electron chi connectivity index (χ4n) is 3.96. The molecule has 7 nitrogen and oxygen atoms in total. The Morgan fingerprint density at radius 1 is 1.09 bits per heavy atom. The minimum Gasteiger partial charge on any atom is -0.369 e. The zero-order valence-electron chi connectivity index (χ0n) is 19.0. The van der Waals surface area contributed by atoms with Crippen molar-refractivity contribution in [3.8, 4) is 0 Å². The summed E-state index contributed by atoms with van der Waals surface area (Å²) in [7, 11) is 1.57. The average molecular weight is 442 g/mol. The van der Waals surface area contributed by atoms with Crippen LogP contribution in [-0.4, -0.2) is 56.6 Å². The van der Waals surface area contributed by atoms with Crippen molar-refractivity contribution >= 4 is 23.3 Å². The van der Waals surface area contributed by atoms with E-state index in [0.29, 0.717) is 5.69 Å². The maximum Gasteiger partial charge on any atom is 0.319 e. The third-order valence-corrected chi connectivity index (χ3v) is 5.86. The Bertz CT molecular complexity index is 944. The molecular formula is C24H32FN5O2. The van der Waals surface area contributed by atoms with Gasteiger partial charge in [-0.25, -0.2) is 9.18 Å². The van der Waals surface area contributed by atoms with Crippen LogP contribution in [0.1, 0.15) is 31.0 Å². The summed E-state index contributed by atoms with van der Waals surface area (Å²) in [5.74, 6) is -0.471. The van der Waals surface area contributed by atoms with Gasteiger partial charge in [0.05, 0.1) is 12.5 Å². The van der Waals surface area contributed by atoms with Gasteiger partial charge in [0.15, 0.2) is 0 Å². The second kappa shape index (κ2) is 10.9. The molecule has 3 amide bonds. The molecule has 3 N–H and O–H groups in total. The van der Waals surface area contributed by atoms with E-state index in [1.807, 2.05) is 13.0 Å². The smallest absolute Gasteiger partial charge is 0.319 e. The van der Waals surface area contributed by atoms with Gasteiger partial charge in [-0.05, 0) is 43.3 Å². The predicted molar refractivity (Wildman–Crippen MR) is 126 cm³/mol. The predicted octanol–water partition coefficient (Wildman–Crippen LogP) is 3.14. The van der Waals surface area contributed by atoms with E-state index < -0.39 is 12.1 Å². The number of carbonyl (C=O) groups is 2. The number of rotatable bonds is 7. The van der Waals surface area contributed by atoms with Crippen LogP contribution >= 0.6 is 0 Å². The number of anilines is 2. The topological polar surface area (TPSA) is 76.7 Å². The maximum atomic E-state index is 14.1. The largest absolute Gasteiger partial charge is 0.369 e. The lowest BCUT2D eigenvalue weighted by Gasteiger charge is -2.37. The van der Waals surface area contributed by atoms with Crippen LogP contribution in [0.4, 0.5) is 20.6 Å². The number of piperazine rings is 1. The molecule has 2 aromatic rings. The van der Waals surface area contributed by atoms with Crippen LogP contribution in [0.3, 0.4) is 0 Å². The zero-order chi connectivity index (χ0) is 23.1. The van der Waals surface area contributed by atoms with Crippen molar-refractivity contribution in [2.75, 3.05) is 50.0 Å². The molecule has 1 unspecified atom stereocenters. The highest BCUT2D eigenvalue weighted by Gasteiger charge is 2.22. The summed E-state index contributed by atoms with van der Waals surface area (Å²) in [6, 6.07) is 11.1. The normalized spacial score (nSPS) is 15.2. The molecule has 1 aliphatic heterocycles. The van der Waals surface area contributed by atoms with Crippen molar-refractivity contribution in [1.29, 1.82) is 0 Å². The van der Waals surface area contributed by atoms with Gasteiger partial charge >= 0.3 is 6.03 Å². The lowest BCUT2D eigenvalue weighted by atomic mass is 10.0. The van der Waals surface area contributed by atoms with Gasteiger partial charge < -0.3 is 25.8 Å². The van der Waals surface area contributed by atoms with E-state index in [4.69, 9.17) is 0 Å². The van der Waals surface area contributed by atoms with E-state index in [1.54, 1.807) is 31.3 Å². The number of hydrogen-bond donors (Lipinski definition) is 3. The highest BCUT2D eigenvalue weighted by atomic mass is 19.1. The summed E-state index contributed by atoms with van der Waals surface area (Å²) in [4.78, 5) is 29.1. The number of halogens is 1. The molecule has 3 rings (SSSR count). The fourth-order valence-corrected chi connectivity index (χ4v) is 3.96. The van der Waals surface area contributed by atoms with E-state index in [-0.39, 0.29) is 18.1 Å². The Balaban J connectivity index is 1.71. The summed E-state index contributed by atoms with van der Waals surface area (Å²) >= 11 is 0. The van der Waals surface area contributed by atoms with Crippen molar-refractivity contribution in [1.82, 2.24) is 15.5 Å². The van der Waals surface area contributed by atoms with Crippen molar-refractivity contribution in [3.05, 3.63) is 59.4 Å². The minimum absolute atomic E-state index is 0.138. The first-order chi connectivity index (χ1) is 15.4. The van der Waals surface area contributed by atoms with Gasteiger partial charge in [0.2, 0.25) is 5.91 Å². The molecule has 0 bridgehead atoms. The second-order valence-electron chi connectivity index (χ2n) is 7.95. The van der Waals surface area contributed by atoms with E-state index in [9.17, 15) is 14.0 Å². The molecule has 1 heterocycles. The third kappa shape index (κ3) is 5.97. The Morgan fingerprint density at radius 2 is 1.81 bits per heavy atom. The SMILES string of the molecule is CCN1CCN(c2ccc(F)cc2C(C)NC(=O)Nc2ccccc2CC(=O)NC)CC1. The highest BCUT2D eigenvalue weighted by Crippen LogP contribution is 2.28. The Hall–Kier alpha value is -3.13. The molecule has 0 spiro atoms. The van der Waals surface area contributed by atoms with Crippen molar-refractivity contribution < 1.29 is 14.0 Å². The van der Waals surface area contributed by atoms with Crippen LogP contribution in [0, 0.1) is 5.82 Å². The average Bonchev–Trinajstić information content (AvgIpc) is 2.80. The van der Waals surface area contributed by atoms with E-state index >= 15 is 0 Å². The first-order valence-corrected chi connectivity index (χ1v) is 11.0. The molecule has 32 heavy (non-hydrogen) atoms. The van der Waals surface area contributed by atoms with E-state index in [1.165, 1.54) is 12.1 Å².